The Bertz CT molecular complexity index is 959. The molecule has 2 heterocycles. The zero-order chi connectivity index (χ0) is 20.1. The highest BCUT2D eigenvalue weighted by Crippen LogP contribution is 2.42. The number of aromatic nitrogens is 1. The third-order valence-electron chi connectivity index (χ3n) is 6.05. The molecule has 6 nitrogen and oxygen atoms in total. The third kappa shape index (κ3) is 3.03. The first-order chi connectivity index (χ1) is 13.3. The van der Waals surface area contributed by atoms with Crippen LogP contribution in [0.2, 0.25) is 0 Å². The number of hydrogen-bond donors (Lipinski definition) is 1. The van der Waals surface area contributed by atoms with E-state index in [1.165, 1.54) is 0 Å². The molecule has 1 aliphatic heterocycles. The average molecular weight is 379 g/mol. The first kappa shape index (κ1) is 18.5. The summed E-state index contributed by atoms with van der Waals surface area (Å²) in [4.78, 5) is 39.1. The van der Waals surface area contributed by atoms with Crippen LogP contribution >= 0.6 is 0 Å². The lowest BCUT2D eigenvalue weighted by Crippen LogP contribution is -2.46. The van der Waals surface area contributed by atoms with Gasteiger partial charge in [0.25, 0.3) is 5.91 Å². The molecule has 6 heteroatoms. The molecule has 1 aromatic heterocycles. The van der Waals surface area contributed by atoms with Crippen molar-refractivity contribution in [2.24, 2.45) is 5.92 Å². The summed E-state index contributed by atoms with van der Waals surface area (Å²) in [6, 6.07) is 11.4. The lowest BCUT2D eigenvalue weighted by molar-refractivity contribution is -0.131. The van der Waals surface area contributed by atoms with Gasteiger partial charge in [0.2, 0.25) is 0 Å². The Morgan fingerprint density at radius 2 is 1.86 bits per heavy atom. The van der Waals surface area contributed by atoms with Crippen molar-refractivity contribution >= 4 is 17.7 Å². The number of Topliss-reactive ketones (excluding diaryl/α,β-unsaturated/α-hetero) is 1. The van der Waals surface area contributed by atoms with E-state index in [2.05, 4.69) is 9.88 Å². The van der Waals surface area contributed by atoms with Crippen molar-refractivity contribution in [3.05, 3.63) is 58.9 Å². The van der Waals surface area contributed by atoms with Gasteiger partial charge in [-0.1, -0.05) is 30.3 Å². The Labute approximate surface area is 164 Å². The Balaban J connectivity index is 1.53. The lowest BCUT2D eigenvalue weighted by atomic mass is 9.96. The van der Waals surface area contributed by atoms with Crippen LogP contribution in [0.3, 0.4) is 0 Å². The van der Waals surface area contributed by atoms with Crippen LogP contribution in [0.15, 0.2) is 36.4 Å². The van der Waals surface area contributed by atoms with Gasteiger partial charge >= 0.3 is 6.03 Å². The number of nitrogens with zero attached hydrogens (tertiary/aromatic N) is 2. The molecule has 3 amide bonds. The van der Waals surface area contributed by atoms with Crippen LogP contribution in [0.25, 0.3) is 0 Å². The molecule has 1 atom stereocenters. The number of carbonyl (C=O) groups is 3. The highest BCUT2D eigenvalue weighted by Gasteiger charge is 2.56. The molecule has 2 aromatic rings. The second-order valence-electron chi connectivity index (χ2n) is 8.08. The van der Waals surface area contributed by atoms with Crippen LogP contribution < -0.4 is 5.32 Å². The number of urea groups is 1. The van der Waals surface area contributed by atoms with E-state index in [0.29, 0.717) is 12.1 Å². The molecule has 1 unspecified atom stereocenters. The molecule has 0 radical (unpaired) electrons. The molecule has 1 saturated carbocycles. The largest absolute Gasteiger partial charge is 0.344 e. The highest BCUT2D eigenvalue weighted by molar-refractivity contribution is 6.11. The monoisotopic (exact) mass is 379 g/mol. The third-order valence-corrected chi connectivity index (χ3v) is 6.05. The quantitative estimate of drug-likeness (QED) is 0.619. The summed E-state index contributed by atoms with van der Waals surface area (Å²) in [7, 11) is 0. The van der Waals surface area contributed by atoms with Gasteiger partial charge in [-0.3, -0.25) is 14.5 Å². The number of imide groups is 1. The Morgan fingerprint density at radius 1 is 1.18 bits per heavy atom. The second-order valence-corrected chi connectivity index (χ2v) is 8.08. The van der Waals surface area contributed by atoms with Crippen molar-refractivity contribution in [3.8, 4) is 0 Å². The van der Waals surface area contributed by atoms with Crippen LogP contribution in [-0.4, -0.2) is 39.3 Å². The van der Waals surface area contributed by atoms with Crippen LogP contribution in [0.4, 0.5) is 4.79 Å². The predicted molar refractivity (Wildman–Crippen MR) is 105 cm³/mol. The Kier molecular flexibility index (Phi) is 4.37. The number of amides is 3. The molecular formula is C22H25N3O3. The van der Waals surface area contributed by atoms with E-state index in [-0.39, 0.29) is 24.2 Å². The molecule has 1 N–H and O–H groups in total. The van der Waals surface area contributed by atoms with Crippen molar-refractivity contribution in [2.45, 2.75) is 45.7 Å². The zero-order valence-corrected chi connectivity index (χ0v) is 16.5. The Morgan fingerprint density at radius 3 is 2.50 bits per heavy atom. The van der Waals surface area contributed by atoms with Crippen LogP contribution in [0.1, 0.15) is 47.1 Å². The number of benzene rings is 1. The van der Waals surface area contributed by atoms with Crippen LogP contribution in [0, 0.1) is 19.8 Å². The van der Waals surface area contributed by atoms with Gasteiger partial charge in [-0.25, -0.2) is 4.79 Å². The maximum atomic E-state index is 12.9. The van der Waals surface area contributed by atoms with E-state index in [1.54, 1.807) is 6.92 Å². The van der Waals surface area contributed by atoms with Crippen LogP contribution in [0.5, 0.6) is 0 Å². The fourth-order valence-corrected chi connectivity index (χ4v) is 4.12. The molecule has 0 bridgehead atoms. The van der Waals surface area contributed by atoms with E-state index in [9.17, 15) is 14.4 Å². The summed E-state index contributed by atoms with van der Waals surface area (Å²) >= 11 is 0. The highest BCUT2D eigenvalue weighted by atomic mass is 16.2. The summed E-state index contributed by atoms with van der Waals surface area (Å²) in [6.07, 6.45) is 1.87. The normalized spacial score (nSPS) is 21.9. The fraction of sp³-hybridized carbons (Fsp3) is 0.409. The van der Waals surface area contributed by atoms with Crippen molar-refractivity contribution in [1.29, 1.82) is 0 Å². The topological polar surface area (TPSA) is 71.4 Å². The van der Waals surface area contributed by atoms with Crippen molar-refractivity contribution in [1.82, 2.24) is 14.8 Å². The van der Waals surface area contributed by atoms with Gasteiger partial charge < -0.3 is 9.88 Å². The molecule has 1 aliphatic carbocycles. The summed E-state index contributed by atoms with van der Waals surface area (Å²) in [6.45, 7) is 6.09. The van der Waals surface area contributed by atoms with Gasteiger partial charge in [0.15, 0.2) is 5.78 Å². The molecule has 4 rings (SSSR count). The number of rotatable bonds is 6. The van der Waals surface area contributed by atoms with Gasteiger partial charge in [0.05, 0.1) is 6.54 Å². The van der Waals surface area contributed by atoms with Gasteiger partial charge in [-0.05, 0) is 51.2 Å². The SMILES string of the molecule is Cc1cc(C(=O)CN2C(=O)NC(C)(C3CC3)C2=O)c(C)n1Cc1ccccc1. The second kappa shape index (κ2) is 6.62. The van der Waals surface area contributed by atoms with E-state index >= 15 is 0 Å². The maximum absolute atomic E-state index is 12.9. The van der Waals surface area contributed by atoms with Gasteiger partial charge in [0.1, 0.15) is 5.54 Å². The van der Waals surface area contributed by atoms with Gasteiger partial charge in [0, 0.05) is 23.5 Å². The van der Waals surface area contributed by atoms with Crippen molar-refractivity contribution < 1.29 is 14.4 Å². The average Bonchev–Trinajstić information content (AvgIpc) is 3.46. The van der Waals surface area contributed by atoms with E-state index in [0.717, 1.165) is 34.7 Å². The molecule has 0 spiro atoms. The van der Waals surface area contributed by atoms with Gasteiger partial charge in [-0.2, -0.15) is 0 Å². The Hall–Kier alpha value is -2.89. The minimum Gasteiger partial charge on any atom is -0.344 e. The first-order valence-electron chi connectivity index (χ1n) is 9.69. The molecule has 1 saturated heterocycles. The molecular weight excluding hydrogens is 354 g/mol. The number of ketones is 1. The summed E-state index contributed by atoms with van der Waals surface area (Å²) < 4.78 is 2.09. The van der Waals surface area contributed by atoms with Crippen molar-refractivity contribution in [2.75, 3.05) is 6.54 Å². The molecule has 2 fully saturated rings. The standard InChI is InChI=1S/C22H25N3O3/c1-14-11-18(15(2)24(14)12-16-7-5-4-6-8-16)19(26)13-25-20(27)22(3,17-9-10-17)23-21(25)28/h4-8,11,17H,9-10,12-13H2,1-3H3,(H,23,28). The van der Waals surface area contributed by atoms with Crippen molar-refractivity contribution in [3.63, 3.8) is 0 Å². The molecule has 2 aliphatic rings. The summed E-state index contributed by atoms with van der Waals surface area (Å²) in [5.41, 5.74) is 2.68. The lowest BCUT2D eigenvalue weighted by Gasteiger charge is -2.20. The predicted octanol–water partition coefficient (Wildman–Crippen LogP) is 3.06. The molecule has 1 aromatic carbocycles. The number of hydrogen-bond acceptors (Lipinski definition) is 3. The molecule has 28 heavy (non-hydrogen) atoms. The number of aryl methyl sites for hydroxylation is 1. The van der Waals surface area contributed by atoms with E-state index in [4.69, 9.17) is 0 Å². The summed E-state index contributed by atoms with van der Waals surface area (Å²) in [5, 5.41) is 2.79. The smallest absolute Gasteiger partial charge is 0.325 e. The van der Waals surface area contributed by atoms with Gasteiger partial charge in [-0.15, -0.1) is 0 Å². The number of carbonyl (C=O) groups excluding carboxylic acids is 3. The maximum Gasteiger partial charge on any atom is 0.325 e. The zero-order valence-electron chi connectivity index (χ0n) is 16.5. The van der Waals surface area contributed by atoms with E-state index in [1.807, 2.05) is 50.2 Å². The fourth-order valence-electron chi connectivity index (χ4n) is 4.12. The number of nitrogens with one attached hydrogen (secondary N) is 1. The van der Waals surface area contributed by atoms with Crippen LogP contribution in [-0.2, 0) is 11.3 Å². The van der Waals surface area contributed by atoms with E-state index < -0.39 is 11.6 Å². The summed E-state index contributed by atoms with van der Waals surface area (Å²) in [5.74, 6) is -0.317. The minimum atomic E-state index is -0.860. The minimum absolute atomic E-state index is 0.181. The first-order valence-corrected chi connectivity index (χ1v) is 9.69. The molecule has 146 valence electrons.